The third kappa shape index (κ3) is 2.46. The van der Waals surface area contributed by atoms with Crippen LogP contribution in [-0.4, -0.2) is 11.9 Å². The fraction of sp³-hybridized carbons (Fsp3) is 0.158. The van der Waals surface area contributed by atoms with E-state index < -0.39 is 0 Å². The van der Waals surface area contributed by atoms with E-state index in [0.717, 1.165) is 22.4 Å². The minimum atomic E-state index is -0.213. The van der Waals surface area contributed by atoms with Crippen LogP contribution in [0, 0.1) is 12.7 Å². The van der Waals surface area contributed by atoms with Crippen LogP contribution in [0.2, 0.25) is 0 Å². The van der Waals surface area contributed by atoms with Gasteiger partial charge >= 0.3 is 5.71 Å². The molecule has 0 spiro atoms. The first-order chi connectivity index (χ1) is 10.1. The van der Waals surface area contributed by atoms with Gasteiger partial charge in [-0.25, -0.2) is 4.39 Å². The zero-order valence-corrected chi connectivity index (χ0v) is 12.4. The lowest BCUT2D eigenvalue weighted by molar-refractivity contribution is 0.628. The Morgan fingerprint density at radius 2 is 1.52 bits per heavy atom. The first-order valence-electron chi connectivity index (χ1n) is 7.02. The molecule has 1 aliphatic heterocycles. The maximum atomic E-state index is 13.1. The van der Waals surface area contributed by atoms with Crippen molar-refractivity contribution in [2.24, 2.45) is 0 Å². The van der Waals surface area contributed by atoms with Gasteiger partial charge in [-0.2, -0.15) is 0 Å². The molecular formula is C19H17FN+. The van der Waals surface area contributed by atoms with E-state index in [1.807, 2.05) is 6.21 Å². The van der Waals surface area contributed by atoms with Gasteiger partial charge in [0.1, 0.15) is 5.82 Å². The van der Waals surface area contributed by atoms with E-state index in [2.05, 4.69) is 43.6 Å². The molecule has 2 heteroatoms. The normalized spacial score (nSPS) is 13.8. The molecule has 1 heterocycles. The zero-order chi connectivity index (χ0) is 15.0. The third-order valence-corrected chi connectivity index (χ3v) is 4.00. The summed E-state index contributed by atoms with van der Waals surface area (Å²) in [6.07, 6.45) is 1.91. The van der Waals surface area contributed by atoms with Crippen LogP contribution in [0.4, 0.5) is 4.39 Å². The molecule has 0 saturated heterocycles. The monoisotopic (exact) mass is 278 g/mol. The van der Waals surface area contributed by atoms with Gasteiger partial charge in [-0.3, -0.25) is 0 Å². The second-order valence-corrected chi connectivity index (χ2v) is 5.45. The standard InChI is InChI=1S/C19H17FN/c1-12-4-5-16(15-6-8-17(20)9-7-15)10-18(12)19-14(3)13(2)11-21-19/h4-11H,1-3H3/q+1. The molecule has 1 nitrogen and oxygen atoms in total. The maximum absolute atomic E-state index is 13.1. The molecule has 0 atom stereocenters. The molecule has 0 bridgehead atoms. The van der Waals surface area contributed by atoms with Crippen molar-refractivity contribution in [3.8, 4) is 11.1 Å². The predicted octanol–water partition coefficient (Wildman–Crippen LogP) is 4.08. The molecule has 21 heavy (non-hydrogen) atoms. The predicted molar refractivity (Wildman–Crippen MR) is 87.3 cm³/mol. The molecule has 0 fully saturated rings. The van der Waals surface area contributed by atoms with Gasteiger partial charge in [0, 0.05) is 11.1 Å². The molecule has 0 aliphatic carbocycles. The van der Waals surface area contributed by atoms with Gasteiger partial charge in [0.05, 0.1) is 5.56 Å². The van der Waals surface area contributed by atoms with Crippen molar-refractivity contribution in [2.45, 2.75) is 20.8 Å². The molecule has 0 unspecified atom stereocenters. The minimum Gasteiger partial charge on any atom is -0.207 e. The van der Waals surface area contributed by atoms with Crippen molar-refractivity contribution in [3.05, 3.63) is 70.6 Å². The zero-order valence-electron chi connectivity index (χ0n) is 12.4. The van der Waals surface area contributed by atoms with Gasteiger partial charge in [-0.05, 0) is 55.7 Å². The lowest BCUT2D eigenvalue weighted by Crippen LogP contribution is -2.06. The lowest BCUT2D eigenvalue weighted by Gasteiger charge is -2.06. The van der Waals surface area contributed by atoms with Crippen LogP contribution in [-0.2, 0) is 0 Å². The fourth-order valence-corrected chi connectivity index (χ4v) is 2.51. The van der Waals surface area contributed by atoms with Crippen molar-refractivity contribution in [1.82, 2.24) is 4.67 Å². The number of nitrogens with zero attached hydrogens (tertiary/aromatic N) is 1. The number of hydrogen-bond acceptors (Lipinski definition) is 0. The van der Waals surface area contributed by atoms with Crippen molar-refractivity contribution < 1.29 is 4.39 Å². The van der Waals surface area contributed by atoms with Gasteiger partial charge < -0.3 is 0 Å². The molecular weight excluding hydrogens is 261 g/mol. The highest BCUT2D eigenvalue weighted by atomic mass is 19.1. The largest absolute Gasteiger partial charge is 0.337 e. The first-order valence-corrected chi connectivity index (χ1v) is 7.02. The second kappa shape index (κ2) is 5.16. The SMILES string of the molecule is CC1=C(C)C(c2cc(-c3ccc(F)cc3)ccc2C)=[N+]=C1. The molecule has 3 rings (SSSR count). The fourth-order valence-electron chi connectivity index (χ4n) is 2.51. The average molecular weight is 278 g/mol. The van der Waals surface area contributed by atoms with Crippen molar-refractivity contribution in [1.29, 1.82) is 0 Å². The van der Waals surface area contributed by atoms with Crippen molar-refractivity contribution in [3.63, 3.8) is 0 Å². The highest BCUT2D eigenvalue weighted by molar-refractivity contribution is 6.19. The van der Waals surface area contributed by atoms with E-state index in [9.17, 15) is 4.39 Å². The Labute approximate surface area is 124 Å². The van der Waals surface area contributed by atoms with Crippen molar-refractivity contribution in [2.75, 3.05) is 0 Å². The van der Waals surface area contributed by atoms with Gasteiger partial charge in [-0.1, -0.05) is 28.9 Å². The summed E-state index contributed by atoms with van der Waals surface area (Å²) in [6.45, 7) is 6.26. The summed E-state index contributed by atoms with van der Waals surface area (Å²) in [4.78, 5) is 0. The Morgan fingerprint density at radius 1 is 0.857 bits per heavy atom. The molecule has 0 aromatic heterocycles. The van der Waals surface area contributed by atoms with Gasteiger partial charge in [0.25, 0.3) is 6.21 Å². The van der Waals surface area contributed by atoms with Gasteiger partial charge in [0.2, 0.25) is 0 Å². The van der Waals surface area contributed by atoms with E-state index in [1.54, 1.807) is 12.1 Å². The molecule has 1 aliphatic rings. The molecule has 0 amide bonds. The summed E-state index contributed by atoms with van der Waals surface area (Å²) in [5.41, 5.74) is 7.89. The summed E-state index contributed by atoms with van der Waals surface area (Å²) in [7, 11) is 0. The van der Waals surface area contributed by atoms with Crippen LogP contribution in [0.25, 0.3) is 11.1 Å². The number of rotatable bonds is 2. The second-order valence-electron chi connectivity index (χ2n) is 5.45. The Bertz CT molecular complexity index is 804. The first kappa shape index (κ1) is 13.5. The van der Waals surface area contributed by atoms with E-state index in [-0.39, 0.29) is 5.82 Å². The van der Waals surface area contributed by atoms with Crippen molar-refractivity contribution >= 4 is 11.9 Å². The van der Waals surface area contributed by atoms with Crippen LogP contribution in [0.5, 0.6) is 0 Å². The summed E-state index contributed by atoms with van der Waals surface area (Å²) < 4.78 is 17.6. The minimum absolute atomic E-state index is 0.213. The highest BCUT2D eigenvalue weighted by Gasteiger charge is 2.25. The van der Waals surface area contributed by atoms with Gasteiger partial charge in [-0.15, -0.1) is 0 Å². The van der Waals surface area contributed by atoms with E-state index in [0.29, 0.717) is 0 Å². The highest BCUT2D eigenvalue weighted by Crippen LogP contribution is 2.25. The molecule has 0 radical (unpaired) electrons. The molecule has 2 aromatic carbocycles. The smallest absolute Gasteiger partial charge is 0.207 e. The summed E-state index contributed by atoms with van der Waals surface area (Å²) in [5.74, 6) is -0.213. The lowest BCUT2D eigenvalue weighted by atomic mass is 9.94. The number of benzene rings is 2. The van der Waals surface area contributed by atoms with Crippen LogP contribution < -0.4 is 4.67 Å². The van der Waals surface area contributed by atoms with Crippen LogP contribution in [0.1, 0.15) is 25.0 Å². The Morgan fingerprint density at radius 3 is 2.14 bits per heavy atom. The third-order valence-electron chi connectivity index (χ3n) is 4.00. The van der Waals surface area contributed by atoms with E-state index in [4.69, 9.17) is 0 Å². The van der Waals surface area contributed by atoms with E-state index in [1.165, 1.54) is 28.8 Å². The molecule has 2 aromatic rings. The van der Waals surface area contributed by atoms with E-state index >= 15 is 0 Å². The Balaban J connectivity index is 2.10. The number of aryl methyl sites for hydroxylation is 1. The summed E-state index contributed by atoms with van der Waals surface area (Å²) in [6, 6.07) is 12.9. The molecule has 104 valence electrons. The quantitative estimate of drug-likeness (QED) is 0.735. The topological polar surface area (TPSA) is 14.1 Å². The molecule has 0 saturated carbocycles. The van der Waals surface area contributed by atoms with Crippen LogP contribution in [0.15, 0.2) is 53.6 Å². The van der Waals surface area contributed by atoms with Crippen LogP contribution in [0.3, 0.4) is 0 Å². The average Bonchev–Trinajstić information content (AvgIpc) is 2.81. The summed E-state index contributed by atoms with van der Waals surface area (Å²) in [5, 5.41) is 0. The van der Waals surface area contributed by atoms with Gasteiger partial charge in [0.15, 0.2) is 0 Å². The molecule has 0 N–H and O–H groups in total. The maximum Gasteiger partial charge on any atom is 0.337 e. The summed E-state index contributed by atoms with van der Waals surface area (Å²) >= 11 is 0. The number of allylic oxidation sites excluding steroid dienone is 2. The Kier molecular flexibility index (Phi) is 3.32. The van der Waals surface area contributed by atoms with Crippen LogP contribution >= 0.6 is 0 Å². The Hall–Kier alpha value is -2.44. The number of hydrogen-bond donors (Lipinski definition) is 0. The number of halogens is 1.